The molecular weight excluding hydrogens is 448 g/mol. The Morgan fingerprint density at radius 3 is 2.67 bits per heavy atom. The van der Waals surface area contributed by atoms with Crippen molar-refractivity contribution in [1.29, 1.82) is 0 Å². The highest BCUT2D eigenvalue weighted by atomic mass is 32.2. The van der Waals surface area contributed by atoms with E-state index in [4.69, 9.17) is 4.98 Å². The molecule has 4 nitrogen and oxygen atoms in total. The van der Waals surface area contributed by atoms with Crippen molar-refractivity contribution in [2.24, 2.45) is 23.2 Å². The van der Waals surface area contributed by atoms with Gasteiger partial charge in [-0.25, -0.2) is 4.98 Å². The zero-order chi connectivity index (χ0) is 23.8. The first-order valence-electron chi connectivity index (χ1n) is 12.4. The first-order chi connectivity index (χ1) is 15.8. The Balaban J connectivity index is 1.52. The van der Waals surface area contributed by atoms with E-state index in [-0.39, 0.29) is 35.0 Å². The van der Waals surface area contributed by atoms with Crippen LogP contribution in [0.25, 0.3) is 0 Å². The van der Waals surface area contributed by atoms with Crippen LogP contribution in [0, 0.1) is 23.2 Å². The van der Waals surface area contributed by atoms with E-state index in [0.29, 0.717) is 0 Å². The smallest absolute Gasteiger partial charge is 0.225 e. The Labute approximate surface area is 207 Å². The molecule has 0 saturated heterocycles. The number of rotatable bonds is 7. The molecule has 2 aliphatic carbocycles. The lowest BCUT2D eigenvalue weighted by molar-refractivity contribution is -0.144. The topological polar surface area (TPSA) is 53.4 Å². The first kappa shape index (κ1) is 24.7. The molecule has 1 aromatic carbocycles. The summed E-state index contributed by atoms with van der Waals surface area (Å²) < 4.78 is 0. The summed E-state index contributed by atoms with van der Waals surface area (Å²) >= 11 is 3.70. The predicted octanol–water partition coefficient (Wildman–Crippen LogP) is 5.99. The molecule has 1 fully saturated rings. The largest absolute Gasteiger partial charge is 0.392 e. The molecule has 0 bridgehead atoms. The van der Waals surface area contributed by atoms with Gasteiger partial charge < -0.3 is 10.0 Å². The number of amides is 1. The number of aliphatic hydroxyl groups excluding tert-OH is 1. The molecule has 33 heavy (non-hydrogen) atoms. The van der Waals surface area contributed by atoms with E-state index in [9.17, 15) is 9.90 Å². The van der Waals surface area contributed by atoms with Crippen molar-refractivity contribution >= 4 is 29.0 Å². The second-order valence-corrected chi connectivity index (χ2v) is 12.4. The molecule has 6 atom stereocenters. The van der Waals surface area contributed by atoms with Gasteiger partial charge in [-0.15, -0.1) is 23.1 Å². The maximum Gasteiger partial charge on any atom is 0.225 e. The van der Waals surface area contributed by atoms with Crippen molar-refractivity contribution < 1.29 is 9.90 Å². The fraction of sp³-hybridized carbons (Fsp3) is 0.630. The average molecular weight is 487 g/mol. The highest BCUT2D eigenvalue weighted by Crippen LogP contribution is 2.57. The molecule has 6 unspecified atom stereocenters. The number of nitrogens with zero attached hydrogens (tertiary/aromatic N) is 2. The maximum absolute atomic E-state index is 13.1. The van der Waals surface area contributed by atoms with E-state index in [1.54, 1.807) is 0 Å². The van der Waals surface area contributed by atoms with Crippen molar-refractivity contribution in [3.63, 3.8) is 0 Å². The molecular formula is C27H38N2O2S2. The minimum Gasteiger partial charge on any atom is -0.392 e. The number of aliphatic hydroxyl groups is 1. The maximum atomic E-state index is 13.1. The van der Waals surface area contributed by atoms with Crippen LogP contribution in [0.3, 0.4) is 0 Å². The van der Waals surface area contributed by atoms with E-state index in [2.05, 4.69) is 38.1 Å². The van der Waals surface area contributed by atoms with Crippen LogP contribution in [-0.2, 0) is 17.0 Å². The Kier molecular flexibility index (Phi) is 7.56. The van der Waals surface area contributed by atoms with Crippen LogP contribution in [-0.4, -0.2) is 40.1 Å². The number of hydrogen-bond acceptors (Lipinski definition) is 5. The summed E-state index contributed by atoms with van der Waals surface area (Å²) in [6, 6.07) is 10.5. The molecule has 1 N–H and O–H groups in total. The second-order valence-electron chi connectivity index (χ2n) is 10.2. The van der Waals surface area contributed by atoms with Gasteiger partial charge in [-0.05, 0) is 62.5 Å². The predicted molar refractivity (Wildman–Crippen MR) is 138 cm³/mol. The summed E-state index contributed by atoms with van der Waals surface area (Å²) in [4.78, 5) is 22.7. The van der Waals surface area contributed by atoms with Gasteiger partial charge in [-0.3, -0.25) is 4.79 Å². The lowest BCUT2D eigenvalue weighted by Crippen LogP contribution is -2.53. The van der Waals surface area contributed by atoms with Crippen molar-refractivity contribution in [2.45, 2.75) is 76.6 Å². The molecule has 2 aliphatic rings. The van der Waals surface area contributed by atoms with Gasteiger partial charge in [0.15, 0.2) is 0 Å². The third-order valence-corrected chi connectivity index (χ3v) is 10.5. The van der Waals surface area contributed by atoms with Gasteiger partial charge >= 0.3 is 0 Å². The number of thioether (sulfide) groups is 1. The van der Waals surface area contributed by atoms with Gasteiger partial charge in [0.05, 0.1) is 17.6 Å². The molecule has 1 heterocycles. The third-order valence-electron chi connectivity index (χ3n) is 8.18. The fourth-order valence-electron chi connectivity index (χ4n) is 6.33. The highest BCUT2D eigenvalue weighted by molar-refractivity contribution is 7.98. The second kappa shape index (κ2) is 10.1. The molecule has 0 spiro atoms. The SMILES string of the molecule is CCN(CC)C(=O)C(C)C1CCC2(C)Cc3sc(CSc4ccccc4)nc3C(C)C2C1O. The molecule has 0 aliphatic heterocycles. The van der Waals surface area contributed by atoms with Gasteiger partial charge in [0.2, 0.25) is 5.91 Å². The number of fused-ring (bicyclic) bond motifs is 2. The van der Waals surface area contributed by atoms with Crippen molar-refractivity contribution in [3.8, 4) is 0 Å². The third kappa shape index (κ3) is 4.76. The average Bonchev–Trinajstić information content (AvgIpc) is 3.21. The monoisotopic (exact) mass is 486 g/mol. The number of carbonyl (C=O) groups excluding carboxylic acids is 1. The molecule has 1 saturated carbocycles. The highest BCUT2D eigenvalue weighted by Gasteiger charge is 2.54. The van der Waals surface area contributed by atoms with E-state index in [0.717, 1.165) is 38.1 Å². The number of carbonyl (C=O) groups is 1. The van der Waals surface area contributed by atoms with Crippen molar-refractivity contribution in [1.82, 2.24) is 9.88 Å². The van der Waals surface area contributed by atoms with Gasteiger partial charge in [-0.2, -0.15) is 0 Å². The number of aromatic nitrogens is 1. The quantitative estimate of drug-likeness (QED) is 0.488. The number of thiazole rings is 1. The van der Waals surface area contributed by atoms with Crippen molar-refractivity contribution in [2.75, 3.05) is 13.1 Å². The minimum atomic E-state index is -0.467. The summed E-state index contributed by atoms with van der Waals surface area (Å²) in [6.45, 7) is 12.1. The van der Waals surface area contributed by atoms with Crippen LogP contribution in [0.4, 0.5) is 0 Å². The molecule has 0 radical (unpaired) electrons. The number of hydrogen-bond donors (Lipinski definition) is 1. The van der Waals surface area contributed by atoms with Crippen LogP contribution >= 0.6 is 23.1 Å². The van der Waals surface area contributed by atoms with Crippen LogP contribution in [0.15, 0.2) is 35.2 Å². The molecule has 6 heteroatoms. The van der Waals surface area contributed by atoms with Gasteiger partial charge in [0.1, 0.15) is 5.01 Å². The summed E-state index contributed by atoms with van der Waals surface area (Å²) in [5, 5.41) is 12.8. The van der Waals surface area contributed by atoms with E-state index in [1.165, 1.54) is 20.5 Å². The Hall–Kier alpha value is -1.37. The van der Waals surface area contributed by atoms with E-state index in [1.807, 2.05) is 54.8 Å². The van der Waals surface area contributed by atoms with Gasteiger partial charge in [-0.1, -0.05) is 39.0 Å². The Morgan fingerprint density at radius 2 is 2.00 bits per heavy atom. The fourth-order valence-corrected chi connectivity index (χ4v) is 8.61. The normalized spacial score (nSPS) is 29.8. The summed E-state index contributed by atoms with van der Waals surface area (Å²) in [5.41, 5.74) is 1.25. The van der Waals surface area contributed by atoms with Crippen LogP contribution in [0.2, 0.25) is 0 Å². The lowest BCUT2D eigenvalue weighted by Gasteiger charge is -2.53. The van der Waals surface area contributed by atoms with Gasteiger partial charge in [0.25, 0.3) is 0 Å². The summed E-state index contributed by atoms with van der Waals surface area (Å²) in [6.07, 6.45) is 2.50. The molecule has 180 valence electrons. The van der Waals surface area contributed by atoms with E-state index < -0.39 is 6.10 Å². The standard InChI is InChI=1S/C27H38N2O2S2/c1-6-29(7-2)26(31)17(3)20-13-14-27(5)15-21-24(18(4)23(27)25(20)30)28-22(33-21)16-32-19-11-9-8-10-12-19/h8-12,17-18,20,23,25,30H,6-7,13-16H2,1-5H3. The van der Waals surface area contributed by atoms with Crippen LogP contribution in [0.1, 0.15) is 69.0 Å². The number of benzene rings is 1. The lowest BCUT2D eigenvalue weighted by atomic mass is 9.53. The molecule has 4 rings (SSSR count). The Morgan fingerprint density at radius 1 is 1.30 bits per heavy atom. The molecule has 1 aromatic heterocycles. The zero-order valence-electron chi connectivity index (χ0n) is 20.6. The summed E-state index contributed by atoms with van der Waals surface area (Å²) in [7, 11) is 0. The first-order valence-corrected chi connectivity index (χ1v) is 14.2. The molecule has 1 amide bonds. The van der Waals surface area contributed by atoms with E-state index >= 15 is 0 Å². The Bertz CT molecular complexity index is 958. The van der Waals surface area contributed by atoms with Crippen molar-refractivity contribution in [3.05, 3.63) is 45.9 Å². The zero-order valence-corrected chi connectivity index (χ0v) is 22.2. The minimum absolute atomic E-state index is 0.0203. The summed E-state index contributed by atoms with van der Waals surface area (Å²) in [5.74, 6) is 1.30. The molecule has 2 aromatic rings. The van der Waals surface area contributed by atoms with Crippen LogP contribution in [0.5, 0.6) is 0 Å². The van der Waals surface area contributed by atoms with Crippen LogP contribution < -0.4 is 0 Å². The van der Waals surface area contributed by atoms with Gasteiger partial charge in [0, 0.05) is 34.7 Å².